The number of alkyl carbamates (subject to hydrolysis) is 1. The van der Waals surface area contributed by atoms with Crippen LogP contribution in [0.15, 0.2) is 24.3 Å². The van der Waals surface area contributed by atoms with Crippen LogP contribution in [-0.4, -0.2) is 85.6 Å². The van der Waals surface area contributed by atoms with Crippen LogP contribution in [0.4, 0.5) is 9.59 Å². The quantitative estimate of drug-likeness (QED) is 0.309. The third-order valence-corrected chi connectivity index (χ3v) is 12.9. The summed E-state index contributed by atoms with van der Waals surface area (Å²) < 4.78 is 49.9. The lowest BCUT2D eigenvalue weighted by Gasteiger charge is -2.25. The van der Waals surface area contributed by atoms with E-state index in [9.17, 15) is 32.4 Å². The predicted molar refractivity (Wildman–Crippen MR) is 191 cm³/mol. The number of amides is 5. The van der Waals surface area contributed by atoms with Crippen molar-refractivity contribution in [3.8, 4) is 11.5 Å². The Hall–Kier alpha value is -4.54. The molecule has 294 valence electrons. The van der Waals surface area contributed by atoms with E-state index in [2.05, 4.69) is 20.7 Å². The second-order valence-electron chi connectivity index (χ2n) is 15.2. The highest BCUT2D eigenvalue weighted by Gasteiger charge is 2.61. The van der Waals surface area contributed by atoms with E-state index in [4.69, 9.17) is 18.9 Å². The molecule has 6 aliphatic rings. The summed E-state index contributed by atoms with van der Waals surface area (Å²) in [7, 11) is -3.84. The Morgan fingerprint density at radius 3 is 2.28 bits per heavy atom. The van der Waals surface area contributed by atoms with Gasteiger partial charge in [0.05, 0.1) is 11.8 Å². The van der Waals surface area contributed by atoms with E-state index in [1.807, 2.05) is 24.3 Å². The number of rotatable bonds is 6. The van der Waals surface area contributed by atoms with Crippen molar-refractivity contribution >= 4 is 39.9 Å². The van der Waals surface area contributed by atoms with Gasteiger partial charge in [0.25, 0.3) is 5.91 Å². The van der Waals surface area contributed by atoms with Gasteiger partial charge in [-0.3, -0.25) is 24.0 Å². The van der Waals surface area contributed by atoms with Crippen LogP contribution in [0.1, 0.15) is 101 Å². The summed E-state index contributed by atoms with van der Waals surface area (Å²) >= 11 is 0. The fourth-order valence-electron chi connectivity index (χ4n) is 7.59. The van der Waals surface area contributed by atoms with Crippen LogP contribution in [0.5, 0.6) is 11.5 Å². The summed E-state index contributed by atoms with van der Waals surface area (Å²) in [5.74, 6) is -0.959. The van der Waals surface area contributed by atoms with Crippen molar-refractivity contribution in [2.75, 3.05) is 13.3 Å². The monoisotopic (exact) mass is 771 g/mol. The molecule has 54 heavy (non-hydrogen) atoms. The summed E-state index contributed by atoms with van der Waals surface area (Å²) in [4.78, 5) is 68.3. The van der Waals surface area contributed by atoms with E-state index in [1.54, 1.807) is 0 Å². The third kappa shape index (κ3) is 9.04. The van der Waals surface area contributed by atoms with Gasteiger partial charge in [-0.1, -0.05) is 25.0 Å². The molecule has 3 heterocycles. The number of sulfonamides is 1. The molecule has 4 N–H and O–H groups in total. The minimum Gasteiger partial charge on any atom is -0.454 e. The zero-order valence-corrected chi connectivity index (χ0v) is 31.1. The predicted octanol–water partition coefficient (Wildman–Crippen LogP) is 3.17. The van der Waals surface area contributed by atoms with Gasteiger partial charge in [0.15, 0.2) is 11.5 Å². The van der Waals surface area contributed by atoms with Gasteiger partial charge < -0.3 is 34.9 Å². The molecule has 0 radical (unpaired) electrons. The Bertz CT molecular complexity index is 1740. The Balaban J connectivity index is 1.04. The third-order valence-electron chi connectivity index (χ3n) is 11.0. The van der Waals surface area contributed by atoms with E-state index in [0.29, 0.717) is 43.6 Å². The first kappa shape index (κ1) is 37.8. The van der Waals surface area contributed by atoms with Crippen LogP contribution in [0, 0.1) is 5.92 Å². The number of carbonyl (C=O) groups is 5. The van der Waals surface area contributed by atoms with Crippen LogP contribution in [0.2, 0.25) is 0 Å². The van der Waals surface area contributed by atoms with Crippen molar-refractivity contribution in [3.05, 3.63) is 35.4 Å². The number of ether oxygens (including phenoxy) is 4. The topological polar surface area (TPSA) is 208 Å². The zero-order chi connectivity index (χ0) is 37.9. The number of fused-ring (bicyclic) bond motifs is 3. The summed E-state index contributed by atoms with van der Waals surface area (Å²) in [5, 5.41) is 7.74. The Kier molecular flexibility index (Phi) is 11.2. The minimum atomic E-state index is -3.84. The largest absolute Gasteiger partial charge is 0.454 e. The molecule has 5 amide bonds. The molecule has 1 aromatic rings. The molecule has 0 unspecified atom stereocenters. The van der Waals surface area contributed by atoms with E-state index < -0.39 is 68.8 Å². The molecular weight excluding hydrogens is 722 g/mol. The maximum absolute atomic E-state index is 13.6. The van der Waals surface area contributed by atoms with Crippen molar-refractivity contribution in [1.82, 2.24) is 25.6 Å². The maximum atomic E-state index is 13.6. The molecule has 0 spiro atoms. The molecule has 0 saturated heterocycles. The lowest BCUT2D eigenvalue weighted by atomic mass is 10.1. The number of benzene rings is 1. The van der Waals surface area contributed by atoms with Crippen LogP contribution in [-0.2, 0) is 47.0 Å². The number of hydrogen-bond donors (Lipinski definition) is 4. The van der Waals surface area contributed by atoms with Gasteiger partial charge >= 0.3 is 12.2 Å². The second-order valence-corrected chi connectivity index (χ2v) is 17.2. The van der Waals surface area contributed by atoms with Crippen molar-refractivity contribution in [2.24, 2.45) is 5.92 Å². The highest BCUT2D eigenvalue weighted by molar-refractivity contribution is 7.91. The standard InChI is InChI=1S/C37H49N5O11S/c43-32-15-12-27(53-36(47)42-20-23-16-30-31(51-22-50-30)17-24(23)21-42)19-38-33(44)29(39-35(46)52-26-9-6-7-10-26)11-5-3-1-2-4-8-25-18-37(25,40-32)34(45)41-54(48,49)28-13-14-28/h4,8,16-17,25-29H,1-3,5-7,9-15,18-22H2,(H,38,44)(H,39,46)(H,40,43)(H,41,45)/b8-4-/t25-,27-,29+,37-/m1/s1. The van der Waals surface area contributed by atoms with Gasteiger partial charge in [0.1, 0.15) is 23.8 Å². The minimum absolute atomic E-state index is 0.0188. The van der Waals surface area contributed by atoms with E-state index in [-0.39, 0.29) is 51.8 Å². The Morgan fingerprint density at radius 1 is 0.870 bits per heavy atom. The normalized spacial score (nSPS) is 28.3. The first-order valence-electron chi connectivity index (χ1n) is 19.1. The van der Waals surface area contributed by atoms with Gasteiger partial charge in [0.2, 0.25) is 28.6 Å². The highest BCUT2D eigenvalue weighted by atomic mass is 32.2. The van der Waals surface area contributed by atoms with E-state index >= 15 is 0 Å². The first-order chi connectivity index (χ1) is 26.0. The van der Waals surface area contributed by atoms with Crippen LogP contribution < -0.4 is 30.1 Å². The van der Waals surface area contributed by atoms with Gasteiger partial charge in [0, 0.05) is 25.4 Å². The van der Waals surface area contributed by atoms with Gasteiger partial charge in [-0.15, -0.1) is 0 Å². The number of allylic oxidation sites excluding steroid dienone is 1. The van der Waals surface area contributed by atoms with Crippen molar-refractivity contribution in [3.63, 3.8) is 0 Å². The van der Waals surface area contributed by atoms with Crippen molar-refractivity contribution in [1.29, 1.82) is 0 Å². The van der Waals surface area contributed by atoms with E-state index in [1.165, 1.54) is 4.90 Å². The lowest BCUT2D eigenvalue weighted by molar-refractivity contribution is -0.129. The lowest BCUT2D eigenvalue weighted by Crippen LogP contribution is -2.52. The van der Waals surface area contributed by atoms with Gasteiger partial charge in [-0.05, 0) is 93.9 Å². The molecule has 3 aliphatic heterocycles. The number of hydrogen-bond acceptors (Lipinski definition) is 11. The molecule has 4 atom stereocenters. The molecular formula is C37H49N5O11S. The second kappa shape index (κ2) is 16.1. The number of nitrogens with zero attached hydrogens (tertiary/aromatic N) is 1. The molecule has 0 bridgehead atoms. The van der Waals surface area contributed by atoms with Crippen LogP contribution >= 0.6 is 0 Å². The molecule has 3 saturated carbocycles. The molecule has 3 aliphatic carbocycles. The smallest absolute Gasteiger partial charge is 0.410 e. The molecule has 1 aromatic carbocycles. The van der Waals surface area contributed by atoms with Crippen molar-refractivity contribution < 1.29 is 51.3 Å². The molecule has 7 rings (SSSR count). The zero-order valence-electron chi connectivity index (χ0n) is 30.3. The fourth-order valence-corrected chi connectivity index (χ4v) is 8.96. The Morgan fingerprint density at radius 2 is 1.57 bits per heavy atom. The first-order valence-corrected chi connectivity index (χ1v) is 20.7. The number of nitrogens with one attached hydrogen (secondary N) is 4. The fraction of sp³-hybridized carbons (Fsp3) is 0.649. The summed E-state index contributed by atoms with van der Waals surface area (Å²) in [6.45, 7) is 0.498. The highest BCUT2D eigenvalue weighted by Crippen LogP contribution is 2.46. The average molecular weight is 772 g/mol. The van der Waals surface area contributed by atoms with Gasteiger partial charge in [-0.2, -0.15) is 0 Å². The average Bonchev–Trinajstić information content (AvgIpc) is 3.92. The van der Waals surface area contributed by atoms with E-state index in [0.717, 1.165) is 49.7 Å². The van der Waals surface area contributed by atoms with Gasteiger partial charge in [-0.25, -0.2) is 18.0 Å². The molecule has 17 heteroatoms. The number of carbonyl (C=O) groups excluding carboxylic acids is 5. The van der Waals surface area contributed by atoms with Crippen LogP contribution in [0.25, 0.3) is 0 Å². The molecule has 3 fully saturated rings. The summed E-state index contributed by atoms with van der Waals surface area (Å²) in [5.41, 5.74) is 0.349. The van der Waals surface area contributed by atoms with Crippen LogP contribution in [0.3, 0.4) is 0 Å². The molecule has 0 aromatic heterocycles. The Labute approximate surface area is 314 Å². The summed E-state index contributed by atoms with van der Waals surface area (Å²) in [6, 6.07) is 2.78. The maximum Gasteiger partial charge on any atom is 0.410 e. The summed E-state index contributed by atoms with van der Waals surface area (Å²) in [6.07, 6.45) is 9.06. The van der Waals surface area contributed by atoms with Crippen molar-refractivity contribution in [2.45, 2.75) is 132 Å². The SMILES string of the molecule is O=C1CC[C@@H](OC(=O)N2Cc3cc4c(cc3C2)OCO4)CNC(=O)[C@@H](NC(=O)OC2CCCC2)CCCCC/C=C\[C@@H]2C[C@@]2(C(=O)NS(=O)(=O)C2CC2)N1. The molecule has 16 nitrogen and oxygen atoms in total.